The largest absolute Gasteiger partial charge is 0.443 e. The van der Waals surface area contributed by atoms with Gasteiger partial charge in [0.2, 0.25) is 0 Å². The van der Waals surface area contributed by atoms with E-state index in [9.17, 15) is 24.3 Å². The molecule has 3 N–H and O–H groups in total. The average molecular weight is 907 g/mol. The number of hydrogen-bond acceptors (Lipinski definition) is 8. The monoisotopic (exact) mass is 907 g/mol. The quantitative estimate of drug-likeness (QED) is 0.0646. The summed E-state index contributed by atoms with van der Waals surface area (Å²) in [6.45, 7) is 23.9. The van der Waals surface area contributed by atoms with Gasteiger partial charge in [0.15, 0.2) is 0 Å². The van der Waals surface area contributed by atoms with Crippen LogP contribution in [0.15, 0.2) is 110 Å². The van der Waals surface area contributed by atoms with Crippen LogP contribution in [0, 0.1) is 38.5 Å². The summed E-state index contributed by atoms with van der Waals surface area (Å²) in [5.41, 5.74) is 12.1. The zero-order chi connectivity index (χ0) is 48.7. The van der Waals surface area contributed by atoms with Crippen molar-refractivity contribution in [1.29, 1.82) is 0 Å². The molecule has 0 aliphatic heterocycles. The smallest absolute Gasteiger partial charge is 0.426 e. The molecule has 0 bridgehead atoms. The number of aliphatic hydroxyl groups excluding tert-OH is 1. The zero-order valence-electron chi connectivity index (χ0n) is 40.4. The Morgan fingerprint density at radius 2 is 1.03 bits per heavy atom. The highest BCUT2D eigenvalue weighted by molar-refractivity contribution is 7.99. The minimum atomic E-state index is -0.695. The Bertz CT molecular complexity index is 2060. The van der Waals surface area contributed by atoms with Gasteiger partial charge >= 0.3 is 12.2 Å². The molecular weight excluding hydrogens is 835 g/mol. The molecule has 2 radical (unpaired) electrons. The van der Waals surface area contributed by atoms with Gasteiger partial charge in [0.25, 0.3) is 11.8 Å². The summed E-state index contributed by atoms with van der Waals surface area (Å²) < 4.78 is 10.7. The lowest BCUT2D eigenvalue weighted by Gasteiger charge is -2.39. The molecule has 0 spiro atoms. The van der Waals surface area contributed by atoms with Crippen molar-refractivity contribution in [3.8, 4) is 0 Å². The first-order valence-electron chi connectivity index (χ1n) is 21.8. The van der Waals surface area contributed by atoms with Crippen LogP contribution < -0.4 is 10.9 Å². The summed E-state index contributed by atoms with van der Waals surface area (Å²) in [5.74, 6) is -0.582. The third-order valence-electron chi connectivity index (χ3n) is 10.0. The molecular formula is C52H71BN4O7S. The van der Waals surface area contributed by atoms with Crippen LogP contribution in [0.5, 0.6) is 0 Å². The minimum Gasteiger partial charge on any atom is -0.443 e. The molecule has 0 aliphatic rings. The van der Waals surface area contributed by atoms with E-state index >= 15 is 0 Å². The van der Waals surface area contributed by atoms with E-state index in [1.807, 2.05) is 173 Å². The summed E-state index contributed by atoms with van der Waals surface area (Å²) >= 11 is 1.63. The van der Waals surface area contributed by atoms with Gasteiger partial charge in [-0.05, 0) is 105 Å². The molecule has 65 heavy (non-hydrogen) atoms. The molecule has 4 aromatic carbocycles. The number of carbonyl (C=O) groups is 4. The van der Waals surface area contributed by atoms with Crippen LogP contribution >= 0.6 is 11.8 Å². The van der Waals surface area contributed by atoms with Crippen LogP contribution in [0.2, 0.25) is 0 Å². The van der Waals surface area contributed by atoms with Crippen molar-refractivity contribution in [3.05, 3.63) is 154 Å². The zero-order valence-corrected chi connectivity index (χ0v) is 41.2. The van der Waals surface area contributed by atoms with Gasteiger partial charge in [0.1, 0.15) is 13.2 Å². The molecule has 0 saturated carbocycles. The van der Waals surface area contributed by atoms with Crippen LogP contribution in [-0.2, 0) is 22.7 Å². The second-order valence-corrected chi connectivity index (χ2v) is 19.0. The second kappa shape index (κ2) is 27.7. The Morgan fingerprint density at radius 3 is 1.34 bits per heavy atom. The number of ether oxygens (including phenoxy) is 2. The number of benzene rings is 4. The SMILES string of the molecule is C=CC[C@H](N(NC(=O)OCc1ccccc1)C(=O)c1cc(C)cc(C)c1)C(C)(C)C.Cc1cc(C)cc(C(=O)N(NC(=O)OCc2ccccc2)[C@@H](CCCO)C(C)(C)C)c1.[B]CSC. The standard InChI is InChI=1S/C25H34N2O4.C25H32N2O3.C2H5BS/c1-18-14-19(2)16-21(15-18)23(29)27(22(12-9-13-28)25(3,4)5)26-24(30)31-17-20-10-7-6-8-11-20;1-7-11-22(25(4,5)6)27(23(28)21-15-18(2)14-19(3)16-21)26-24(29)30-17-20-12-9-8-10-13-20;1-4-2-3/h6-8,10-11,14-16,22,28H,9,12-13,17H2,1-5H3,(H,26,30);7-10,12-16,22H,1,11,17H2,2-6H3,(H,26,29);2H2,1H3/t2*22-;/m00./s1. The lowest BCUT2D eigenvalue weighted by molar-refractivity contribution is 0.0232. The molecule has 350 valence electrons. The molecule has 4 rings (SSSR count). The van der Waals surface area contributed by atoms with E-state index in [-0.39, 0.29) is 54.5 Å². The van der Waals surface area contributed by atoms with Gasteiger partial charge in [-0.25, -0.2) is 30.5 Å². The number of thioether (sulfide) groups is 1. The first kappa shape index (κ1) is 55.6. The van der Waals surface area contributed by atoms with E-state index in [0.29, 0.717) is 30.4 Å². The first-order chi connectivity index (χ1) is 30.6. The summed E-state index contributed by atoms with van der Waals surface area (Å²) in [7, 11) is 4.99. The van der Waals surface area contributed by atoms with Gasteiger partial charge in [-0.3, -0.25) is 9.59 Å². The number of nitrogens with one attached hydrogen (secondary N) is 2. The number of hydrogen-bond donors (Lipinski definition) is 3. The molecule has 2 atom stereocenters. The highest BCUT2D eigenvalue weighted by Crippen LogP contribution is 2.30. The van der Waals surface area contributed by atoms with E-state index in [1.165, 1.54) is 10.0 Å². The maximum absolute atomic E-state index is 13.5. The molecule has 0 unspecified atom stereocenters. The summed E-state index contributed by atoms with van der Waals surface area (Å²) in [6.07, 6.45) is 3.94. The fourth-order valence-electron chi connectivity index (χ4n) is 6.96. The van der Waals surface area contributed by atoms with Crippen molar-refractivity contribution < 1.29 is 33.8 Å². The van der Waals surface area contributed by atoms with Gasteiger partial charge in [0.05, 0.1) is 19.9 Å². The fraction of sp³-hybridized carbons (Fsp3) is 0.423. The fourth-order valence-corrected chi connectivity index (χ4v) is 6.96. The van der Waals surface area contributed by atoms with Gasteiger partial charge in [-0.2, -0.15) is 11.8 Å². The molecule has 4 amide bonds. The Kier molecular flexibility index (Phi) is 23.7. The van der Waals surface area contributed by atoms with E-state index in [2.05, 4.69) is 17.4 Å². The van der Waals surface area contributed by atoms with Crippen molar-refractivity contribution >= 4 is 43.6 Å². The Hall–Kier alpha value is -5.53. The van der Waals surface area contributed by atoms with Crippen molar-refractivity contribution in [2.75, 3.05) is 18.5 Å². The van der Waals surface area contributed by atoms with Gasteiger partial charge in [-0.15, -0.1) is 6.58 Å². The number of carbonyl (C=O) groups excluding carboxylic acids is 4. The Labute approximate surface area is 394 Å². The number of nitrogens with zero attached hydrogens (tertiary/aromatic N) is 2. The number of aryl methyl sites for hydroxylation is 4. The number of amides is 4. The number of aliphatic hydroxyl groups is 1. The van der Waals surface area contributed by atoms with Gasteiger partial charge < -0.3 is 14.6 Å². The highest BCUT2D eigenvalue weighted by Gasteiger charge is 2.36. The molecule has 4 aromatic rings. The molecule has 0 saturated heterocycles. The molecule has 0 fully saturated rings. The topological polar surface area (TPSA) is 138 Å². The predicted molar refractivity (Wildman–Crippen MR) is 265 cm³/mol. The van der Waals surface area contributed by atoms with Crippen LogP contribution in [0.4, 0.5) is 9.59 Å². The molecule has 0 aromatic heterocycles. The van der Waals surface area contributed by atoms with Crippen LogP contribution in [-0.4, -0.2) is 77.6 Å². The summed E-state index contributed by atoms with van der Waals surface area (Å²) in [6, 6.07) is 29.4. The number of hydrazine groups is 2. The molecule has 0 aliphatic carbocycles. The van der Waals surface area contributed by atoms with Crippen LogP contribution in [0.3, 0.4) is 0 Å². The second-order valence-electron chi connectivity index (χ2n) is 18.1. The van der Waals surface area contributed by atoms with Crippen LogP contribution in [0.25, 0.3) is 0 Å². The van der Waals surface area contributed by atoms with Gasteiger partial charge in [-0.1, -0.05) is 143 Å². The molecule has 11 nitrogen and oxygen atoms in total. The predicted octanol–water partition coefficient (Wildman–Crippen LogP) is 10.8. The van der Waals surface area contributed by atoms with Crippen molar-refractivity contribution in [2.45, 2.75) is 114 Å². The van der Waals surface area contributed by atoms with E-state index in [4.69, 9.17) is 17.3 Å². The lowest BCUT2D eigenvalue weighted by Crippen LogP contribution is -2.56. The number of rotatable bonds is 14. The minimum absolute atomic E-state index is 0.0105. The molecule has 0 heterocycles. The highest BCUT2D eigenvalue weighted by atomic mass is 32.2. The average Bonchev–Trinajstić information content (AvgIpc) is 3.25. The van der Waals surface area contributed by atoms with E-state index < -0.39 is 12.2 Å². The van der Waals surface area contributed by atoms with Crippen molar-refractivity contribution in [2.24, 2.45) is 10.8 Å². The van der Waals surface area contributed by atoms with Gasteiger partial charge in [0, 0.05) is 17.7 Å². The van der Waals surface area contributed by atoms with Crippen molar-refractivity contribution in [1.82, 2.24) is 20.9 Å². The van der Waals surface area contributed by atoms with Crippen LogP contribution in [0.1, 0.15) is 115 Å². The third kappa shape index (κ3) is 20.0. The Morgan fingerprint density at radius 1 is 0.677 bits per heavy atom. The first-order valence-corrected chi connectivity index (χ1v) is 23.2. The third-order valence-corrected chi connectivity index (χ3v) is 10.4. The maximum atomic E-state index is 13.5. The summed E-state index contributed by atoms with van der Waals surface area (Å²) in [5, 5.41) is 12.1. The summed E-state index contributed by atoms with van der Waals surface area (Å²) in [4.78, 5) is 52.2. The normalized spacial score (nSPS) is 11.8. The Balaban J connectivity index is 0.000000413. The molecule has 13 heteroatoms. The maximum Gasteiger partial charge on any atom is 0.426 e. The lowest BCUT2D eigenvalue weighted by atomic mass is 9.83. The van der Waals surface area contributed by atoms with E-state index in [0.717, 1.165) is 39.0 Å². The van der Waals surface area contributed by atoms with Crippen molar-refractivity contribution in [3.63, 3.8) is 0 Å². The van der Waals surface area contributed by atoms with E-state index in [1.54, 1.807) is 17.8 Å².